The zero-order chi connectivity index (χ0) is 18.2. The quantitative estimate of drug-likeness (QED) is 0.381. The Morgan fingerprint density at radius 3 is 2.54 bits per heavy atom. The van der Waals surface area contributed by atoms with Gasteiger partial charge < -0.3 is 15.5 Å². The Bertz CT molecular complexity index is 729. The first-order chi connectivity index (χ1) is 12.0. The lowest BCUT2D eigenvalue weighted by Gasteiger charge is -2.13. The number of nitrogens with zero attached hydrogens (tertiary/aromatic N) is 4. The van der Waals surface area contributed by atoms with E-state index in [1.54, 1.807) is 37.1 Å². The number of nitrogens with one attached hydrogen (secondary N) is 2. The molecular weight excluding hydrogens is 450 g/mol. The fourth-order valence-electron chi connectivity index (χ4n) is 2.00. The fourth-order valence-corrected chi connectivity index (χ4v) is 2.00. The maximum atomic E-state index is 13.0. The van der Waals surface area contributed by atoms with Gasteiger partial charge in [-0.1, -0.05) is 0 Å². The maximum Gasteiger partial charge on any atom is 0.241 e. The van der Waals surface area contributed by atoms with Crippen molar-refractivity contribution in [3.63, 3.8) is 0 Å². The number of aromatic nitrogens is 2. The van der Waals surface area contributed by atoms with E-state index in [1.807, 2.05) is 13.0 Å². The highest BCUT2D eigenvalue weighted by atomic mass is 127. The number of halogens is 2. The minimum atomic E-state index is -0.283. The van der Waals surface area contributed by atoms with Crippen molar-refractivity contribution in [2.75, 3.05) is 27.2 Å². The topological polar surface area (TPSA) is 74.5 Å². The molecule has 0 unspecified atom stereocenters. The number of aliphatic imine (C=N–C) groups is 1. The molecule has 2 N–H and O–H groups in total. The van der Waals surface area contributed by atoms with Gasteiger partial charge in [0.15, 0.2) is 5.96 Å². The molecule has 142 valence electrons. The molecule has 7 nitrogen and oxygen atoms in total. The van der Waals surface area contributed by atoms with Gasteiger partial charge in [0.1, 0.15) is 5.82 Å². The van der Waals surface area contributed by atoms with Gasteiger partial charge in [-0.05, 0) is 37.3 Å². The van der Waals surface area contributed by atoms with Crippen LogP contribution in [0.2, 0.25) is 0 Å². The normalized spacial score (nSPS) is 10.8. The second-order valence-electron chi connectivity index (χ2n) is 5.56. The monoisotopic (exact) mass is 474 g/mol. The molecule has 0 saturated carbocycles. The van der Waals surface area contributed by atoms with E-state index in [0.717, 1.165) is 11.4 Å². The summed E-state index contributed by atoms with van der Waals surface area (Å²) >= 11 is 0. The highest BCUT2D eigenvalue weighted by Crippen LogP contribution is 2.09. The number of guanidine groups is 1. The van der Waals surface area contributed by atoms with Crippen LogP contribution in [0.25, 0.3) is 5.69 Å². The molecule has 1 heterocycles. The van der Waals surface area contributed by atoms with Crippen molar-refractivity contribution in [1.29, 1.82) is 0 Å². The molecule has 2 rings (SSSR count). The van der Waals surface area contributed by atoms with Crippen molar-refractivity contribution < 1.29 is 9.18 Å². The van der Waals surface area contributed by atoms with E-state index in [1.165, 1.54) is 17.0 Å². The lowest BCUT2D eigenvalue weighted by atomic mass is 10.3. The molecule has 0 radical (unpaired) electrons. The van der Waals surface area contributed by atoms with Crippen LogP contribution in [0.5, 0.6) is 0 Å². The van der Waals surface area contributed by atoms with Crippen LogP contribution in [0.1, 0.15) is 12.6 Å². The van der Waals surface area contributed by atoms with Crippen LogP contribution in [0, 0.1) is 5.82 Å². The average molecular weight is 474 g/mol. The van der Waals surface area contributed by atoms with Crippen LogP contribution in [0.4, 0.5) is 4.39 Å². The van der Waals surface area contributed by atoms with Crippen molar-refractivity contribution in [2.24, 2.45) is 4.99 Å². The molecule has 2 aromatic rings. The predicted octanol–water partition coefficient (Wildman–Crippen LogP) is 1.77. The van der Waals surface area contributed by atoms with Gasteiger partial charge in [-0.2, -0.15) is 5.10 Å². The minimum absolute atomic E-state index is 0. The van der Waals surface area contributed by atoms with Crippen LogP contribution in [-0.2, 0) is 11.3 Å². The van der Waals surface area contributed by atoms with Gasteiger partial charge in [0.25, 0.3) is 0 Å². The van der Waals surface area contributed by atoms with E-state index in [9.17, 15) is 9.18 Å². The highest BCUT2D eigenvalue weighted by molar-refractivity contribution is 14.0. The van der Waals surface area contributed by atoms with Crippen LogP contribution in [0.15, 0.2) is 41.5 Å². The Labute approximate surface area is 169 Å². The molecular formula is C17H24FIN6O. The molecule has 0 aliphatic carbocycles. The van der Waals surface area contributed by atoms with Crippen molar-refractivity contribution in [2.45, 2.75) is 13.5 Å². The number of carbonyl (C=O) groups is 1. The number of rotatable bonds is 6. The number of benzene rings is 1. The molecule has 1 aromatic carbocycles. The average Bonchev–Trinajstić information content (AvgIpc) is 3.06. The second kappa shape index (κ2) is 10.7. The minimum Gasteiger partial charge on any atom is -0.357 e. The third kappa shape index (κ3) is 6.62. The molecule has 9 heteroatoms. The van der Waals surface area contributed by atoms with Gasteiger partial charge in [-0.15, -0.1) is 24.0 Å². The van der Waals surface area contributed by atoms with E-state index >= 15 is 0 Å². The molecule has 1 amide bonds. The van der Waals surface area contributed by atoms with E-state index in [0.29, 0.717) is 19.0 Å². The number of hydrogen-bond donors (Lipinski definition) is 2. The fraction of sp³-hybridized carbons (Fsp3) is 0.353. The van der Waals surface area contributed by atoms with Crippen LogP contribution >= 0.6 is 24.0 Å². The maximum absolute atomic E-state index is 13.0. The Hall–Kier alpha value is -2.17. The number of hydrogen-bond acceptors (Lipinski definition) is 3. The Kier molecular flexibility index (Phi) is 9.03. The largest absolute Gasteiger partial charge is 0.357 e. The zero-order valence-corrected chi connectivity index (χ0v) is 17.4. The summed E-state index contributed by atoms with van der Waals surface area (Å²) in [6.07, 6.45) is 1.80. The molecule has 0 spiro atoms. The molecule has 0 aliphatic rings. The van der Waals surface area contributed by atoms with Gasteiger partial charge in [-0.25, -0.2) is 14.1 Å². The summed E-state index contributed by atoms with van der Waals surface area (Å²) in [6.45, 7) is 3.17. The van der Waals surface area contributed by atoms with Crippen molar-refractivity contribution in [3.8, 4) is 5.69 Å². The summed E-state index contributed by atoms with van der Waals surface area (Å²) in [7, 11) is 3.41. The molecule has 0 atom stereocenters. The van der Waals surface area contributed by atoms with Crippen LogP contribution < -0.4 is 10.6 Å². The second-order valence-corrected chi connectivity index (χ2v) is 5.56. The van der Waals surface area contributed by atoms with E-state index < -0.39 is 0 Å². The molecule has 0 aliphatic heterocycles. The molecule has 0 fully saturated rings. The van der Waals surface area contributed by atoms with Gasteiger partial charge in [0.05, 0.1) is 24.5 Å². The van der Waals surface area contributed by atoms with Crippen molar-refractivity contribution in [1.82, 2.24) is 25.3 Å². The standard InChI is InChI=1S/C17H23FN6O.HI/c1-4-19-17(21-12-16(25)23(2)3)20-11-14-9-10-24(22-14)15-7-5-13(18)6-8-15;/h5-10H,4,11-12H2,1-3H3,(H2,19,20,21);1H. The number of carbonyl (C=O) groups excluding carboxylic acids is 1. The molecule has 0 saturated heterocycles. The van der Waals surface area contributed by atoms with Gasteiger partial charge in [-0.3, -0.25) is 4.79 Å². The number of likely N-dealkylation sites (N-methyl/N-ethyl adjacent to an activating group) is 1. The molecule has 26 heavy (non-hydrogen) atoms. The van der Waals surface area contributed by atoms with Crippen molar-refractivity contribution >= 4 is 35.8 Å². The van der Waals surface area contributed by atoms with E-state index in [4.69, 9.17) is 0 Å². The predicted molar refractivity (Wildman–Crippen MR) is 110 cm³/mol. The van der Waals surface area contributed by atoms with Crippen LogP contribution in [-0.4, -0.2) is 53.7 Å². The third-order valence-electron chi connectivity index (χ3n) is 3.38. The highest BCUT2D eigenvalue weighted by Gasteiger charge is 2.06. The Balaban J connectivity index is 0.00000338. The van der Waals surface area contributed by atoms with Gasteiger partial charge in [0, 0.05) is 26.8 Å². The smallest absolute Gasteiger partial charge is 0.241 e. The SMILES string of the molecule is CCNC(=NCc1ccn(-c2ccc(F)cc2)n1)NCC(=O)N(C)C.I. The first kappa shape index (κ1) is 21.9. The summed E-state index contributed by atoms with van der Waals surface area (Å²) in [4.78, 5) is 17.6. The summed E-state index contributed by atoms with van der Waals surface area (Å²) in [5.41, 5.74) is 1.54. The van der Waals surface area contributed by atoms with E-state index in [2.05, 4.69) is 20.7 Å². The lowest BCUT2D eigenvalue weighted by Crippen LogP contribution is -2.42. The third-order valence-corrected chi connectivity index (χ3v) is 3.38. The number of amides is 1. The first-order valence-electron chi connectivity index (χ1n) is 8.02. The molecule has 1 aromatic heterocycles. The summed E-state index contributed by atoms with van der Waals surface area (Å²) in [6, 6.07) is 7.96. The summed E-state index contributed by atoms with van der Waals surface area (Å²) in [5.74, 6) is 0.231. The summed E-state index contributed by atoms with van der Waals surface area (Å²) in [5, 5.41) is 10.5. The van der Waals surface area contributed by atoms with Crippen molar-refractivity contribution in [3.05, 3.63) is 48.0 Å². The lowest BCUT2D eigenvalue weighted by molar-refractivity contribution is -0.127. The Morgan fingerprint density at radius 2 is 1.92 bits per heavy atom. The van der Waals surface area contributed by atoms with Gasteiger partial charge in [0.2, 0.25) is 5.91 Å². The summed E-state index contributed by atoms with van der Waals surface area (Å²) < 4.78 is 14.6. The van der Waals surface area contributed by atoms with Gasteiger partial charge >= 0.3 is 0 Å². The van der Waals surface area contributed by atoms with E-state index in [-0.39, 0.29) is 42.2 Å². The first-order valence-corrected chi connectivity index (χ1v) is 8.02. The zero-order valence-electron chi connectivity index (χ0n) is 15.1. The Morgan fingerprint density at radius 1 is 1.23 bits per heavy atom. The molecule has 0 bridgehead atoms. The van der Waals surface area contributed by atoms with Crippen LogP contribution in [0.3, 0.4) is 0 Å².